The zero-order valence-electron chi connectivity index (χ0n) is 9.79. The fraction of sp³-hybridized carbons (Fsp3) is 0.538. The lowest BCUT2D eigenvalue weighted by Gasteiger charge is -2.10. The first-order valence-corrected chi connectivity index (χ1v) is 7.29. The normalized spacial score (nSPS) is 12.6. The summed E-state index contributed by atoms with van der Waals surface area (Å²) in [5.41, 5.74) is 0. The van der Waals surface area contributed by atoms with Crippen molar-refractivity contribution >= 4 is 23.4 Å². The highest BCUT2D eigenvalue weighted by atomic mass is 35.5. The van der Waals surface area contributed by atoms with Crippen molar-refractivity contribution < 1.29 is 0 Å². The third-order valence-corrected chi connectivity index (χ3v) is 3.62. The predicted molar refractivity (Wildman–Crippen MR) is 74.5 cm³/mol. The largest absolute Gasteiger partial charge is 0.316 e. The molecule has 0 aliphatic rings. The van der Waals surface area contributed by atoms with Gasteiger partial charge in [-0.15, -0.1) is 23.4 Å². The molecule has 0 bridgehead atoms. The van der Waals surface area contributed by atoms with Crippen LogP contribution < -0.4 is 5.32 Å². The second kappa shape index (κ2) is 8.91. The van der Waals surface area contributed by atoms with Gasteiger partial charge < -0.3 is 5.32 Å². The van der Waals surface area contributed by atoms with Crippen molar-refractivity contribution in [2.24, 2.45) is 5.92 Å². The monoisotopic (exact) mass is 257 g/mol. The van der Waals surface area contributed by atoms with Crippen LogP contribution in [0.25, 0.3) is 0 Å². The maximum absolute atomic E-state index is 5.68. The molecule has 0 fully saturated rings. The van der Waals surface area contributed by atoms with E-state index in [2.05, 4.69) is 42.6 Å². The first kappa shape index (κ1) is 13.9. The van der Waals surface area contributed by atoms with Crippen molar-refractivity contribution in [1.82, 2.24) is 5.32 Å². The number of halogens is 1. The summed E-state index contributed by atoms with van der Waals surface area (Å²) < 4.78 is 0. The topological polar surface area (TPSA) is 12.0 Å². The molecule has 1 nitrogen and oxygen atoms in total. The Morgan fingerprint density at radius 2 is 2.06 bits per heavy atom. The van der Waals surface area contributed by atoms with Crippen LogP contribution in [0.15, 0.2) is 35.2 Å². The van der Waals surface area contributed by atoms with Crippen molar-refractivity contribution in [3.63, 3.8) is 0 Å². The lowest BCUT2D eigenvalue weighted by molar-refractivity contribution is 0.513. The number of hydrogen-bond acceptors (Lipinski definition) is 2. The molecule has 16 heavy (non-hydrogen) atoms. The van der Waals surface area contributed by atoms with Crippen molar-refractivity contribution in [2.75, 3.05) is 24.7 Å². The van der Waals surface area contributed by atoms with Gasteiger partial charge >= 0.3 is 0 Å². The Morgan fingerprint density at radius 1 is 1.31 bits per heavy atom. The van der Waals surface area contributed by atoms with Crippen molar-refractivity contribution in [1.29, 1.82) is 0 Å². The Labute approximate surface area is 108 Å². The van der Waals surface area contributed by atoms with E-state index >= 15 is 0 Å². The van der Waals surface area contributed by atoms with Gasteiger partial charge in [-0.25, -0.2) is 0 Å². The Kier molecular flexibility index (Phi) is 7.73. The van der Waals surface area contributed by atoms with Gasteiger partial charge in [-0.1, -0.05) is 25.1 Å². The minimum atomic E-state index is 0.680. The van der Waals surface area contributed by atoms with E-state index in [1.807, 2.05) is 11.8 Å². The highest BCUT2D eigenvalue weighted by Crippen LogP contribution is 2.15. The van der Waals surface area contributed by atoms with Gasteiger partial charge in [0.05, 0.1) is 0 Å². The minimum Gasteiger partial charge on any atom is -0.316 e. The maximum atomic E-state index is 5.68. The molecular formula is C13H20ClNS. The first-order valence-electron chi connectivity index (χ1n) is 5.77. The third-order valence-electron chi connectivity index (χ3n) is 2.39. The zero-order chi connectivity index (χ0) is 11.6. The molecule has 1 N–H and O–H groups in total. The fourth-order valence-corrected chi connectivity index (χ4v) is 2.60. The smallest absolute Gasteiger partial charge is 0.0226 e. The van der Waals surface area contributed by atoms with Gasteiger partial charge in [0, 0.05) is 23.1 Å². The third kappa shape index (κ3) is 6.41. The minimum absolute atomic E-state index is 0.680. The van der Waals surface area contributed by atoms with Gasteiger partial charge in [0.15, 0.2) is 0 Å². The van der Waals surface area contributed by atoms with Crippen LogP contribution in [0.1, 0.15) is 13.3 Å². The lowest BCUT2D eigenvalue weighted by atomic mass is 10.1. The van der Waals surface area contributed by atoms with Crippen LogP contribution in [0.3, 0.4) is 0 Å². The summed E-state index contributed by atoms with van der Waals surface area (Å²) in [7, 11) is 0. The van der Waals surface area contributed by atoms with E-state index in [9.17, 15) is 0 Å². The Morgan fingerprint density at radius 3 is 2.75 bits per heavy atom. The van der Waals surface area contributed by atoms with E-state index in [0.29, 0.717) is 5.92 Å². The summed E-state index contributed by atoms with van der Waals surface area (Å²) in [6, 6.07) is 10.5. The van der Waals surface area contributed by atoms with Crippen LogP contribution in [0, 0.1) is 5.92 Å². The molecule has 1 rings (SSSR count). The molecule has 0 aromatic heterocycles. The van der Waals surface area contributed by atoms with Gasteiger partial charge in [0.2, 0.25) is 0 Å². The van der Waals surface area contributed by atoms with E-state index in [1.54, 1.807) is 0 Å². The van der Waals surface area contributed by atoms with Crippen molar-refractivity contribution in [3.05, 3.63) is 30.3 Å². The number of alkyl halides is 1. The first-order chi connectivity index (χ1) is 7.83. The van der Waals surface area contributed by atoms with Gasteiger partial charge in [-0.05, 0) is 31.0 Å². The molecule has 0 saturated heterocycles. The van der Waals surface area contributed by atoms with Crippen molar-refractivity contribution in [2.45, 2.75) is 18.2 Å². The molecule has 0 spiro atoms. The van der Waals surface area contributed by atoms with Crippen LogP contribution >= 0.6 is 23.4 Å². The van der Waals surface area contributed by atoms with Crippen LogP contribution in [-0.4, -0.2) is 24.7 Å². The number of nitrogens with one attached hydrogen (secondary N) is 1. The SMILES string of the molecule is CC(CCCl)CNCCSc1ccccc1. The molecule has 0 heterocycles. The van der Waals surface area contributed by atoms with E-state index in [4.69, 9.17) is 11.6 Å². The summed E-state index contributed by atoms with van der Waals surface area (Å²) in [6.45, 7) is 4.37. The number of rotatable bonds is 8. The van der Waals surface area contributed by atoms with E-state index in [-0.39, 0.29) is 0 Å². The molecule has 1 aromatic carbocycles. The molecule has 0 amide bonds. The molecule has 0 aliphatic carbocycles. The van der Waals surface area contributed by atoms with Crippen LogP contribution in [0.4, 0.5) is 0 Å². The molecular weight excluding hydrogens is 238 g/mol. The number of hydrogen-bond donors (Lipinski definition) is 1. The maximum Gasteiger partial charge on any atom is 0.0226 e. The molecule has 0 saturated carbocycles. The molecule has 0 radical (unpaired) electrons. The van der Waals surface area contributed by atoms with Crippen LogP contribution in [-0.2, 0) is 0 Å². The van der Waals surface area contributed by atoms with E-state index in [1.165, 1.54) is 4.90 Å². The average molecular weight is 258 g/mol. The number of benzene rings is 1. The van der Waals surface area contributed by atoms with Gasteiger partial charge in [-0.2, -0.15) is 0 Å². The average Bonchev–Trinajstić information content (AvgIpc) is 2.30. The summed E-state index contributed by atoms with van der Waals surface area (Å²) >= 11 is 7.58. The fourth-order valence-electron chi connectivity index (χ4n) is 1.39. The predicted octanol–water partition coefficient (Wildman–Crippen LogP) is 3.63. The molecule has 3 heteroatoms. The van der Waals surface area contributed by atoms with Gasteiger partial charge in [0.25, 0.3) is 0 Å². The van der Waals surface area contributed by atoms with Crippen molar-refractivity contribution in [3.8, 4) is 0 Å². The van der Waals surface area contributed by atoms with E-state index in [0.717, 1.165) is 31.1 Å². The highest BCUT2D eigenvalue weighted by Gasteiger charge is 1.99. The highest BCUT2D eigenvalue weighted by molar-refractivity contribution is 7.99. The van der Waals surface area contributed by atoms with Crippen LogP contribution in [0.2, 0.25) is 0 Å². The Hall–Kier alpha value is -0.180. The standard InChI is InChI=1S/C13H20ClNS/c1-12(7-8-14)11-15-9-10-16-13-5-3-2-4-6-13/h2-6,12,15H,7-11H2,1H3. The summed E-state index contributed by atoms with van der Waals surface area (Å²) in [4.78, 5) is 1.35. The molecule has 90 valence electrons. The van der Waals surface area contributed by atoms with Gasteiger partial charge in [0.1, 0.15) is 0 Å². The Bertz CT molecular complexity index is 266. The molecule has 1 atom stereocenters. The number of thioether (sulfide) groups is 1. The lowest BCUT2D eigenvalue weighted by Crippen LogP contribution is -2.23. The van der Waals surface area contributed by atoms with Gasteiger partial charge in [-0.3, -0.25) is 0 Å². The second-order valence-electron chi connectivity index (χ2n) is 3.95. The summed E-state index contributed by atoms with van der Waals surface area (Å²) in [6.07, 6.45) is 1.10. The summed E-state index contributed by atoms with van der Waals surface area (Å²) in [5, 5.41) is 3.46. The molecule has 1 aromatic rings. The molecule has 1 unspecified atom stereocenters. The quantitative estimate of drug-likeness (QED) is 0.434. The molecule has 0 aliphatic heterocycles. The zero-order valence-corrected chi connectivity index (χ0v) is 11.4. The summed E-state index contributed by atoms with van der Waals surface area (Å²) in [5.74, 6) is 2.57. The van der Waals surface area contributed by atoms with E-state index < -0.39 is 0 Å². The van der Waals surface area contributed by atoms with Crippen LogP contribution in [0.5, 0.6) is 0 Å². The Balaban J connectivity index is 2.00. The second-order valence-corrected chi connectivity index (χ2v) is 5.49.